The Labute approximate surface area is 176 Å². The van der Waals surface area contributed by atoms with E-state index in [1.165, 1.54) is 0 Å². The van der Waals surface area contributed by atoms with Gasteiger partial charge in [0.05, 0.1) is 30.9 Å². The number of anilines is 1. The Bertz CT molecular complexity index is 764. The van der Waals surface area contributed by atoms with Gasteiger partial charge in [-0.25, -0.2) is 9.78 Å². The molecule has 0 unspecified atom stereocenters. The summed E-state index contributed by atoms with van der Waals surface area (Å²) in [5, 5.41) is 21.9. The zero-order chi connectivity index (χ0) is 21.8. The van der Waals surface area contributed by atoms with Crippen molar-refractivity contribution in [3.63, 3.8) is 0 Å². The Morgan fingerprint density at radius 1 is 1.27 bits per heavy atom. The SMILES string of the molecule is CCC(CC)(NC(=O)c1ccc(N2CCCC2)c(OCC2(CO)COC2)n1)C(=O)O. The first kappa shape index (κ1) is 22.3. The summed E-state index contributed by atoms with van der Waals surface area (Å²) in [6.45, 7) is 6.22. The van der Waals surface area contributed by atoms with Crippen LogP contribution in [0, 0.1) is 5.41 Å². The molecular weight excluding hydrogens is 390 g/mol. The Morgan fingerprint density at radius 2 is 1.93 bits per heavy atom. The quantitative estimate of drug-likeness (QED) is 0.519. The third-order valence-corrected chi connectivity index (χ3v) is 6.16. The molecule has 0 aliphatic carbocycles. The van der Waals surface area contributed by atoms with Gasteiger partial charge in [-0.15, -0.1) is 0 Å². The molecule has 0 saturated carbocycles. The molecule has 3 N–H and O–H groups in total. The highest BCUT2D eigenvalue weighted by Crippen LogP contribution is 2.33. The van der Waals surface area contributed by atoms with E-state index in [4.69, 9.17) is 9.47 Å². The molecule has 1 amide bonds. The molecule has 0 radical (unpaired) electrons. The van der Waals surface area contributed by atoms with Gasteiger partial charge in [-0.2, -0.15) is 0 Å². The molecule has 1 aromatic rings. The molecule has 0 aromatic carbocycles. The molecule has 3 rings (SSSR count). The number of rotatable bonds is 10. The summed E-state index contributed by atoms with van der Waals surface area (Å²) in [6.07, 6.45) is 2.67. The van der Waals surface area contributed by atoms with Crippen LogP contribution in [-0.2, 0) is 9.53 Å². The van der Waals surface area contributed by atoms with Crippen LogP contribution in [0.25, 0.3) is 0 Å². The van der Waals surface area contributed by atoms with Crippen LogP contribution in [-0.4, -0.2) is 72.1 Å². The topological polar surface area (TPSA) is 121 Å². The van der Waals surface area contributed by atoms with Crippen LogP contribution < -0.4 is 15.0 Å². The lowest BCUT2D eigenvalue weighted by atomic mass is 9.88. The number of carbonyl (C=O) groups is 2. The lowest BCUT2D eigenvalue weighted by Gasteiger charge is -2.39. The fraction of sp³-hybridized carbons (Fsp3) is 0.667. The summed E-state index contributed by atoms with van der Waals surface area (Å²) in [5.74, 6) is -1.30. The van der Waals surface area contributed by atoms with Crippen molar-refractivity contribution >= 4 is 17.6 Å². The molecule has 0 bridgehead atoms. The van der Waals surface area contributed by atoms with Gasteiger partial charge in [0.1, 0.15) is 17.8 Å². The smallest absolute Gasteiger partial charge is 0.329 e. The highest BCUT2D eigenvalue weighted by atomic mass is 16.5. The minimum absolute atomic E-state index is 0.0552. The summed E-state index contributed by atoms with van der Waals surface area (Å²) in [6, 6.07) is 3.40. The monoisotopic (exact) mass is 421 g/mol. The highest BCUT2D eigenvalue weighted by molar-refractivity contribution is 5.96. The van der Waals surface area contributed by atoms with Crippen LogP contribution in [0.4, 0.5) is 5.69 Å². The Morgan fingerprint density at radius 3 is 2.43 bits per heavy atom. The van der Waals surface area contributed by atoms with Gasteiger partial charge >= 0.3 is 5.97 Å². The number of ether oxygens (including phenoxy) is 2. The number of aromatic nitrogens is 1. The third kappa shape index (κ3) is 4.37. The molecule has 0 spiro atoms. The average molecular weight is 421 g/mol. The van der Waals surface area contributed by atoms with Gasteiger partial charge in [-0.05, 0) is 37.8 Å². The number of hydrogen-bond acceptors (Lipinski definition) is 7. The number of carboxylic acid groups (broad SMARTS) is 1. The van der Waals surface area contributed by atoms with Gasteiger partial charge < -0.3 is 29.9 Å². The Hall–Kier alpha value is -2.39. The summed E-state index contributed by atoms with van der Waals surface area (Å²) in [4.78, 5) is 31.1. The second-order valence-corrected chi connectivity index (χ2v) is 8.20. The van der Waals surface area contributed by atoms with E-state index in [1.54, 1.807) is 26.0 Å². The predicted octanol–water partition coefficient (Wildman–Crippen LogP) is 1.44. The lowest BCUT2D eigenvalue weighted by molar-refractivity contribution is -0.153. The first-order valence-electron chi connectivity index (χ1n) is 10.5. The van der Waals surface area contributed by atoms with E-state index in [0.29, 0.717) is 19.1 Å². The molecule has 2 aliphatic heterocycles. The van der Waals surface area contributed by atoms with Crippen molar-refractivity contribution in [3.8, 4) is 5.88 Å². The molecule has 3 heterocycles. The number of aliphatic hydroxyl groups is 1. The number of aliphatic carboxylic acids is 1. The standard InChI is InChI=1S/C21H31N3O6/c1-3-21(4-2,19(27)28)23-17(26)15-7-8-16(24-9-5-6-10-24)18(22-15)30-14-20(11-25)12-29-13-20/h7-8,25H,3-6,9-14H2,1-2H3,(H,23,26)(H,27,28). The van der Waals surface area contributed by atoms with Crippen molar-refractivity contribution in [2.75, 3.05) is 44.4 Å². The van der Waals surface area contributed by atoms with E-state index in [-0.39, 0.29) is 31.7 Å². The molecule has 1 aromatic heterocycles. The number of aliphatic hydroxyl groups excluding tert-OH is 1. The van der Waals surface area contributed by atoms with Crippen LogP contribution in [0.1, 0.15) is 50.0 Å². The molecule has 2 aliphatic rings. The van der Waals surface area contributed by atoms with Gasteiger partial charge in [-0.1, -0.05) is 13.8 Å². The minimum atomic E-state index is -1.34. The van der Waals surface area contributed by atoms with E-state index in [1.807, 2.05) is 0 Å². The molecule has 2 saturated heterocycles. The summed E-state index contributed by atoms with van der Waals surface area (Å²) < 4.78 is 11.2. The maximum absolute atomic E-state index is 12.8. The first-order valence-corrected chi connectivity index (χ1v) is 10.5. The van der Waals surface area contributed by atoms with Crippen LogP contribution in [0.3, 0.4) is 0 Å². The van der Waals surface area contributed by atoms with Crippen molar-refractivity contribution in [3.05, 3.63) is 17.8 Å². The number of carboxylic acids is 1. The number of amides is 1. The van der Waals surface area contributed by atoms with E-state index < -0.39 is 22.8 Å². The zero-order valence-electron chi connectivity index (χ0n) is 17.6. The minimum Gasteiger partial charge on any atom is -0.480 e. The normalized spacial score (nSPS) is 18.0. The average Bonchev–Trinajstić information content (AvgIpc) is 3.25. The Kier molecular flexibility index (Phi) is 6.82. The number of nitrogens with zero attached hydrogens (tertiary/aromatic N) is 2. The number of nitrogens with one attached hydrogen (secondary N) is 1. The van der Waals surface area contributed by atoms with Gasteiger partial charge in [0, 0.05) is 13.1 Å². The predicted molar refractivity (Wildman–Crippen MR) is 110 cm³/mol. The van der Waals surface area contributed by atoms with Crippen LogP contribution in [0.2, 0.25) is 0 Å². The number of hydrogen-bond donors (Lipinski definition) is 3. The summed E-state index contributed by atoms with van der Waals surface area (Å²) in [5.41, 5.74) is -0.890. The molecule has 0 atom stereocenters. The largest absolute Gasteiger partial charge is 0.480 e. The molecule has 9 nitrogen and oxygen atoms in total. The summed E-state index contributed by atoms with van der Waals surface area (Å²) in [7, 11) is 0. The van der Waals surface area contributed by atoms with Crippen molar-refractivity contribution < 1.29 is 29.3 Å². The highest BCUT2D eigenvalue weighted by Gasteiger charge is 2.40. The van der Waals surface area contributed by atoms with Crippen LogP contribution in [0.5, 0.6) is 5.88 Å². The third-order valence-electron chi connectivity index (χ3n) is 6.16. The first-order chi connectivity index (χ1) is 14.4. The van der Waals surface area contributed by atoms with Gasteiger partial charge in [0.15, 0.2) is 0 Å². The van der Waals surface area contributed by atoms with Gasteiger partial charge in [-0.3, -0.25) is 4.79 Å². The number of pyridine rings is 1. The fourth-order valence-electron chi connectivity index (χ4n) is 3.76. The molecular formula is C21H31N3O6. The van der Waals surface area contributed by atoms with Crippen LogP contribution in [0.15, 0.2) is 12.1 Å². The van der Waals surface area contributed by atoms with Crippen LogP contribution >= 0.6 is 0 Å². The van der Waals surface area contributed by atoms with Crippen molar-refractivity contribution in [2.45, 2.75) is 45.1 Å². The van der Waals surface area contributed by atoms with Gasteiger partial charge in [0.25, 0.3) is 5.91 Å². The van der Waals surface area contributed by atoms with E-state index in [0.717, 1.165) is 31.6 Å². The maximum atomic E-state index is 12.8. The van der Waals surface area contributed by atoms with Gasteiger partial charge in [0.2, 0.25) is 5.88 Å². The van der Waals surface area contributed by atoms with E-state index in [2.05, 4.69) is 15.2 Å². The van der Waals surface area contributed by atoms with Crippen molar-refractivity contribution in [1.29, 1.82) is 0 Å². The molecule has 166 valence electrons. The maximum Gasteiger partial charge on any atom is 0.329 e. The Balaban J connectivity index is 1.84. The van der Waals surface area contributed by atoms with E-state index >= 15 is 0 Å². The second kappa shape index (κ2) is 9.18. The molecule has 2 fully saturated rings. The van der Waals surface area contributed by atoms with Crippen molar-refractivity contribution in [1.82, 2.24) is 10.3 Å². The molecule has 30 heavy (non-hydrogen) atoms. The molecule has 9 heteroatoms. The zero-order valence-corrected chi connectivity index (χ0v) is 17.6. The lowest BCUT2D eigenvalue weighted by Crippen LogP contribution is -2.53. The number of carbonyl (C=O) groups excluding carboxylic acids is 1. The summed E-state index contributed by atoms with van der Waals surface area (Å²) >= 11 is 0. The second-order valence-electron chi connectivity index (χ2n) is 8.20. The fourth-order valence-corrected chi connectivity index (χ4v) is 3.76. The van der Waals surface area contributed by atoms with E-state index in [9.17, 15) is 19.8 Å². The van der Waals surface area contributed by atoms with Crippen molar-refractivity contribution in [2.24, 2.45) is 5.41 Å².